The summed E-state index contributed by atoms with van der Waals surface area (Å²) in [5.74, 6) is 0.585. The predicted molar refractivity (Wildman–Crippen MR) is 92.4 cm³/mol. The Morgan fingerprint density at radius 3 is 2.74 bits per heavy atom. The van der Waals surface area contributed by atoms with Gasteiger partial charge in [0.15, 0.2) is 0 Å². The van der Waals surface area contributed by atoms with E-state index in [2.05, 4.69) is 28.8 Å². The van der Waals surface area contributed by atoms with Gasteiger partial charge in [0.2, 0.25) is 0 Å². The molecule has 0 spiro atoms. The van der Waals surface area contributed by atoms with Crippen LogP contribution in [-0.2, 0) is 12.8 Å². The molecular weight excluding hydrogens is 312 g/mol. The van der Waals surface area contributed by atoms with Gasteiger partial charge < -0.3 is 15.4 Å². The van der Waals surface area contributed by atoms with E-state index in [-0.39, 0.29) is 12.1 Å². The molecule has 0 radical (unpaired) electrons. The lowest BCUT2D eigenvalue weighted by atomic mass is 9.88. The van der Waals surface area contributed by atoms with Crippen molar-refractivity contribution >= 4 is 23.3 Å². The van der Waals surface area contributed by atoms with Crippen LogP contribution in [0.2, 0.25) is 5.02 Å². The lowest BCUT2D eigenvalue weighted by Crippen LogP contribution is -2.41. The van der Waals surface area contributed by atoms with Crippen LogP contribution in [-0.4, -0.2) is 19.2 Å². The number of aryl methyl sites for hydroxylation is 1. The first-order valence-corrected chi connectivity index (χ1v) is 8.01. The van der Waals surface area contributed by atoms with Crippen LogP contribution in [0.1, 0.15) is 17.5 Å². The van der Waals surface area contributed by atoms with E-state index in [1.54, 1.807) is 25.3 Å². The Morgan fingerprint density at radius 2 is 2.00 bits per heavy atom. The van der Waals surface area contributed by atoms with Crippen LogP contribution in [0.5, 0.6) is 5.75 Å². The highest BCUT2D eigenvalue weighted by Crippen LogP contribution is 2.27. The molecule has 0 saturated heterocycles. The summed E-state index contributed by atoms with van der Waals surface area (Å²) in [5, 5.41) is 6.32. The summed E-state index contributed by atoms with van der Waals surface area (Å²) in [4.78, 5) is 12.2. The average Bonchev–Trinajstić information content (AvgIpc) is 2.55. The van der Waals surface area contributed by atoms with E-state index < -0.39 is 0 Å². The van der Waals surface area contributed by atoms with Crippen LogP contribution in [0.15, 0.2) is 42.5 Å². The number of halogens is 1. The summed E-state index contributed by atoms with van der Waals surface area (Å²) < 4.78 is 5.10. The first-order chi connectivity index (χ1) is 11.2. The van der Waals surface area contributed by atoms with Crippen LogP contribution in [0.3, 0.4) is 0 Å². The predicted octanol–water partition coefficient (Wildman–Crippen LogP) is 4.03. The van der Waals surface area contributed by atoms with Crippen molar-refractivity contribution in [1.29, 1.82) is 0 Å². The number of rotatable bonds is 3. The maximum absolute atomic E-state index is 12.2. The molecule has 1 unspecified atom stereocenters. The molecule has 0 bridgehead atoms. The number of carbonyl (C=O) groups is 1. The zero-order valence-corrected chi connectivity index (χ0v) is 13.7. The topological polar surface area (TPSA) is 50.4 Å². The van der Waals surface area contributed by atoms with Crippen LogP contribution in [0.4, 0.5) is 10.5 Å². The van der Waals surface area contributed by atoms with Crippen molar-refractivity contribution in [3.63, 3.8) is 0 Å². The van der Waals surface area contributed by atoms with E-state index in [9.17, 15) is 4.79 Å². The van der Waals surface area contributed by atoms with Crippen molar-refractivity contribution < 1.29 is 9.53 Å². The fourth-order valence-electron chi connectivity index (χ4n) is 2.92. The van der Waals surface area contributed by atoms with Crippen molar-refractivity contribution in [3.05, 3.63) is 58.6 Å². The number of hydrogen-bond acceptors (Lipinski definition) is 2. The number of hydrogen-bond donors (Lipinski definition) is 2. The van der Waals surface area contributed by atoms with E-state index in [4.69, 9.17) is 16.3 Å². The largest absolute Gasteiger partial charge is 0.495 e. The summed E-state index contributed by atoms with van der Waals surface area (Å²) in [7, 11) is 1.56. The summed E-state index contributed by atoms with van der Waals surface area (Å²) in [6, 6.07) is 13.5. The van der Waals surface area contributed by atoms with Gasteiger partial charge in [-0.15, -0.1) is 0 Å². The molecule has 0 aliphatic heterocycles. The van der Waals surface area contributed by atoms with E-state index in [1.165, 1.54) is 11.1 Å². The molecule has 2 aromatic rings. The molecule has 4 nitrogen and oxygen atoms in total. The molecule has 3 rings (SSSR count). The van der Waals surface area contributed by atoms with Crippen LogP contribution in [0, 0.1) is 0 Å². The summed E-state index contributed by atoms with van der Waals surface area (Å²) >= 11 is 6.06. The Bertz CT molecular complexity index is 718. The van der Waals surface area contributed by atoms with Crippen molar-refractivity contribution in [1.82, 2.24) is 5.32 Å². The third-order valence-electron chi connectivity index (χ3n) is 4.09. The smallest absolute Gasteiger partial charge is 0.319 e. The van der Waals surface area contributed by atoms with Crippen LogP contribution in [0.25, 0.3) is 0 Å². The maximum atomic E-state index is 12.2. The molecule has 0 aromatic heterocycles. The number of ether oxygens (including phenoxy) is 1. The minimum Gasteiger partial charge on any atom is -0.495 e. The standard InChI is InChI=1S/C18H19ClN2O2/c1-23-17-9-8-15(11-16(17)19)21-18(22)20-14-7-6-12-4-2-3-5-13(12)10-14/h2-5,8-9,11,14H,6-7,10H2,1H3,(H2,20,21,22). The fourth-order valence-corrected chi connectivity index (χ4v) is 3.18. The highest BCUT2D eigenvalue weighted by molar-refractivity contribution is 6.32. The molecule has 2 aromatic carbocycles. The number of nitrogens with one attached hydrogen (secondary N) is 2. The second-order valence-electron chi connectivity index (χ2n) is 5.66. The minimum atomic E-state index is -0.212. The van der Waals surface area contributed by atoms with Gasteiger partial charge in [0.05, 0.1) is 12.1 Å². The van der Waals surface area contributed by atoms with Gasteiger partial charge in [-0.1, -0.05) is 35.9 Å². The van der Waals surface area contributed by atoms with E-state index in [0.29, 0.717) is 16.5 Å². The second kappa shape index (κ2) is 6.92. The maximum Gasteiger partial charge on any atom is 0.319 e. The number of urea groups is 1. The normalized spacial score (nSPS) is 16.3. The highest BCUT2D eigenvalue weighted by atomic mass is 35.5. The van der Waals surface area contributed by atoms with Crippen molar-refractivity contribution in [3.8, 4) is 5.75 Å². The van der Waals surface area contributed by atoms with Gasteiger partial charge in [0, 0.05) is 11.7 Å². The van der Waals surface area contributed by atoms with Gasteiger partial charge in [0.25, 0.3) is 0 Å². The highest BCUT2D eigenvalue weighted by Gasteiger charge is 2.19. The zero-order valence-electron chi connectivity index (χ0n) is 12.9. The quantitative estimate of drug-likeness (QED) is 0.892. The Kier molecular flexibility index (Phi) is 4.72. The molecule has 1 aliphatic rings. The van der Waals surface area contributed by atoms with Gasteiger partial charge >= 0.3 is 6.03 Å². The first-order valence-electron chi connectivity index (χ1n) is 7.63. The summed E-state index contributed by atoms with van der Waals surface area (Å²) in [6.45, 7) is 0. The summed E-state index contributed by atoms with van der Waals surface area (Å²) in [5.41, 5.74) is 3.34. The molecule has 1 aliphatic carbocycles. The van der Waals surface area contributed by atoms with E-state index in [1.807, 2.05) is 6.07 Å². The van der Waals surface area contributed by atoms with E-state index >= 15 is 0 Å². The molecular formula is C18H19ClN2O2. The van der Waals surface area contributed by atoms with Crippen molar-refractivity contribution in [2.45, 2.75) is 25.3 Å². The monoisotopic (exact) mass is 330 g/mol. The van der Waals surface area contributed by atoms with Crippen LogP contribution < -0.4 is 15.4 Å². The van der Waals surface area contributed by atoms with Gasteiger partial charge in [0.1, 0.15) is 5.75 Å². The SMILES string of the molecule is COc1ccc(NC(=O)NC2CCc3ccccc3C2)cc1Cl. The summed E-state index contributed by atoms with van der Waals surface area (Å²) in [6.07, 6.45) is 2.82. The third-order valence-corrected chi connectivity index (χ3v) is 4.39. The van der Waals surface area contributed by atoms with Crippen molar-refractivity contribution in [2.24, 2.45) is 0 Å². The Morgan fingerprint density at radius 1 is 1.22 bits per heavy atom. The number of carbonyl (C=O) groups excluding carboxylic acids is 1. The molecule has 0 heterocycles. The molecule has 2 N–H and O–H groups in total. The zero-order chi connectivity index (χ0) is 16.2. The van der Waals surface area contributed by atoms with Gasteiger partial charge in [-0.3, -0.25) is 0 Å². The molecule has 0 fully saturated rings. The first kappa shape index (κ1) is 15.7. The Labute approximate surface area is 140 Å². The number of anilines is 1. The van der Waals surface area contributed by atoms with Crippen molar-refractivity contribution in [2.75, 3.05) is 12.4 Å². The lowest BCUT2D eigenvalue weighted by Gasteiger charge is -2.25. The number of benzene rings is 2. The molecule has 5 heteroatoms. The van der Waals surface area contributed by atoms with Crippen LogP contribution >= 0.6 is 11.6 Å². The molecule has 120 valence electrons. The molecule has 1 atom stereocenters. The molecule has 2 amide bonds. The fraction of sp³-hybridized carbons (Fsp3) is 0.278. The third kappa shape index (κ3) is 3.77. The van der Waals surface area contributed by atoms with Gasteiger partial charge in [-0.05, 0) is 48.6 Å². The number of methoxy groups -OCH3 is 1. The minimum absolute atomic E-state index is 0.152. The Balaban J connectivity index is 1.59. The van der Waals surface area contributed by atoms with Gasteiger partial charge in [-0.2, -0.15) is 0 Å². The molecule has 0 saturated carbocycles. The number of amides is 2. The lowest BCUT2D eigenvalue weighted by molar-refractivity contribution is 0.247. The number of fused-ring (bicyclic) bond motifs is 1. The van der Waals surface area contributed by atoms with E-state index in [0.717, 1.165) is 19.3 Å². The van der Waals surface area contributed by atoms with Gasteiger partial charge in [-0.25, -0.2) is 4.79 Å². The average molecular weight is 331 g/mol. The Hall–Kier alpha value is -2.20. The molecule has 23 heavy (non-hydrogen) atoms. The second-order valence-corrected chi connectivity index (χ2v) is 6.06.